The predicted molar refractivity (Wildman–Crippen MR) is 86.2 cm³/mol. The maximum atomic E-state index is 10.5. The van der Waals surface area contributed by atoms with Crippen molar-refractivity contribution in [1.82, 2.24) is 4.98 Å². The van der Waals surface area contributed by atoms with Crippen molar-refractivity contribution in [2.24, 2.45) is 0 Å². The minimum Gasteiger partial charge on any atom is -0.481 e. The van der Waals surface area contributed by atoms with Crippen LogP contribution in [-0.2, 0) is 25.6 Å². The molecule has 21 heavy (non-hydrogen) atoms. The van der Waals surface area contributed by atoms with Gasteiger partial charge in [0.15, 0.2) is 0 Å². The number of hydrogen-bond acceptors (Lipinski definition) is 7. The molecule has 0 saturated heterocycles. The Morgan fingerprint density at radius 2 is 2.05 bits per heavy atom. The van der Waals surface area contributed by atoms with Gasteiger partial charge < -0.3 is 18.7 Å². The zero-order valence-corrected chi connectivity index (χ0v) is 15.1. The third kappa shape index (κ3) is 5.90. The second kappa shape index (κ2) is 8.53. The van der Waals surface area contributed by atoms with Crippen LogP contribution in [0.3, 0.4) is 0 Å². The van der Waals surface area contributed by atoms with Gasteiger partial charge in [-0.3, -0.25) is 4.79 Å². The number of aliphatic carboxylic acids is 1. The second-order valence-corrected chi connectivity index (χ2v) is 8.51. The summed E-state index contributed by atoms with van der Waals surface area (Å²) in [6.07, 6.45) is -0.0182. The first-order chi connectivity index (χ1) is 9.81. The Bertz CT molecular complexity index is 567. The molecule has 6 nitrogen and oxygen atoms in total. The lowest BCUT2D eigenvalue weighted by Gasteiger charge is -2.18. The van der Waals surface area contributed by atoms with E-state index in [0.29, 0.717) is 15.8 Å². The lowest BCUT2D eigenvalue weighted by atomic mass is 10.5. The van der Waals surface area contributed by atoms with E-state index in [4.69, 9.17) is 53.7 Å². The number of thioether (sulfide) groups is 1. The number of pyridine rings is 1. The number of nitrogens with zero attached hydrogens (tertiary/aromatic N) is 1. The Hall–Kier alpha value is -0.0800. The first kappa shape index (κ1) is 19.0. The topological polar surface area (TPSA) is 77.9 Å². The van der Waals surface area contributed by atoms with E-state index < -0.39 is 12.7 Å². The summed E-state index contributed by atoms with van der Waals surface area (Å²) in [6.45, 7) is -2.97. The number of carboxylic acid groups (broad SMARTS) is 1. The monoisotopic (exact) mass is 391 g/mol. The average Bonchev–Trinajstić information content (AvgIpc) is 2.43. The molecule has 11 heteroatoms. The number of halogens is 2. The zero-order chi connectivity index (χ0) is 16.0. The standard InChI is InChI=1S/C10H12Cl2NO5PS2/c1-16-19(20,17-2)18-9-6(11)5-7(12)10(13-9)21-4-3-8(14)15/h5H,3-4H2,1-2H3,(H,14,15). The number of carbonyl (C=O) groups is 1. The molecule has 0 atom stereocenters. The smallest absolute Gasteiger partial charge is 0.381 e. The van der Waals surface area contributed by atoms with Gasteiger partial charge in [-0.05, 0) is 6.07 Å². The van der Waals surface area contributed by atoms with Gasteiger partial charge in [-0.1, -0.05) is 23.2 Å². The van der Waals surface area contributed by atoms with Gasteiger partial charge in [0, 0.05) is 31.8 Å². The molecular formula is C10H12Cl2NO5PS2. The molecule has 1 aromatic heterocycles. The Morgan fingerprint density at radius 1 is 1.43 bits per heavy atom. The number of aromatic nitrogens is 1. The van der Waals surface area contributed by atoms with Gasteiger partial charge in [0.1, 0.15) is 10.0 Å². The van der Waals surface area contributed by atoms with Crippen molar-refractivity contribution in [3.63, 3.8) is 0 Å². The van der Waals surface area contributed by atoms with Crippen molar-refractivity contribution < 1.29 is 23.5 Å². The molecule has 0 aromatic carbocycles. The van der Waals surface area contributed by atoms with Crippen LogP contribution in [0.15, 0.2) is 11.1 Å². The lowest BCUT2D eigenvalue weighted by Crippen LogP contribution is -2.01. The summed E-state index contributed by atoms with van der Waals surface area (Å²) in [7, 11) is 2.72. The quantitative estimate of drug-likeness (QED) is 0.528. The van der Waals surface area contributed by atoms with Gasteiger partial charge in [0.2, 0.25) is 5.88 Å². The van der Waals surface area contributed by atoms with Crippen LogP contribution in [0, 0.1) is 0 Å². The van der Waals surface area contributed by atoms with Crippen molar-refractivity contribution in [3.05, 3.63) is 16.1 Å². The Kier molecular flexibility index (Phi) is 7.70. The molecule has 1 heterocycles. The molecule has 0 bridgehead atoms. The molecule has 0 aliphatic heterocycles. The van der Waals surface area contributed by atoms with Gasteiger partial charge in [-0.15, -0.1) is 11.8 Å². The highest BCUT2D eigenvalue weighted by Crippen LogP contribution is 2.49. The fraction of sp³-hybridized carbons (Fsp3) is 0.400. The molecule has 1 N–H and O–H groups in total. The van der Waals surface area contributed by atoms with Gasteiger partial charge in [0.25, 0.3) is 0 Å². The molecular weight excluding hydrogens is 380 g/mol. The fourth-order valence-electron chi connectivity index (χ4n) is 1.09. The van der Waals surface area contributed by atoms with Crippen LogP contribution in [-0.4, -0.2) is 36.0 Å². The molecule has 118 valence electrons. The Balaban J connectivity index is 2.95. The SMILES string of the molecule is COP(=S)(OC)Oc1nc(SCCC(=O)O)c(Cl)cc1Cl. The van der Waals surface area contributed by atoms with Crippen LogP contribution in [0.1, 0.15) is 6.42 Å². The molecule has 0 unspecified atom stereocenters. The highest BCUT2D eigenvalue weighted by Gasteiger charge is 2.22. The highest BCUT2D eigenvalue weighted by atomic mass is 35.5. The van der Waals surface area contributed by atoms with Crippen molar-refractivity contribution in [1.29, 1.82) is 0 Å². The van der Waals surface area contributed by atoms with E-state index >= 15 is 0 Å². The van der Waals surface area contributed by atoms with Crippen molar-refractivity contribution in [2.75, 3.05) is 20.0 Å². The average molecular weight is 392 g/mol. The van der Waals surface area contributed by atoms with Crippen LogP contribution in [0.25, 0.3) is 0 Å². The lowest BCUT2D eigenvalue weighted by molar-refractivity contribution is -0.136. The van der Waals surface area contributed by atoms with Gasteiger partial charge in [-0.2, -0.15) is 0 Å². The molecule has 0 spiro atoms. The summed E-state index contributed by atoms with van der Waals surface area (Å²) < 4.78 is 15.4. The zero-order valence-electron chi connectivity index (χ0n) is 11.0. The third-order valence-corrected chi connectivity index (χ3v) is 6.14. The summed E-state index contributed by atoms with van der Waals surface area (Å²) in [5.41, 5.74) is 0. The van der Waals surface area contributed by atoms with Crippen molar-refractivity contribution >= 4 is 59.5 Å². The number of carboxylic acids is 1. The molecule has 0 saturated carbocycles. The number of rotatable bonds is 8. The normalized spacial score (nSPS) is 11.4. The summed E-state index contributed by atoms with van der Waals surface area (Å²) >= 11 is 18.2. The maximum Gasteiger partial charge on any atom is 0.381 e. The molecule has 1 rings (SSSR count). The summed E-state index contributed by atoms with van der Waals surface area (Å²) in [5, 5.41) is 9.47. The molecule has 0 fully saturated rings. The van der Waals surface area contributed by atoms with Crippen LogP contribution >= 0.6 is 41.7 Å². The first-order valence-corrected chi connectivity index (χ1v) is 9.73. The van der Waals surface area contributed by atoms with Crippen molar-refractivity contribution in [3.8, 4) is 5.88 Å². The molecule has 0 aliphatic rings. The van der Waals surface area contributed by atoms with E-state index in [1.54, 1.807) is 0 Å². The molecule has 1 aromatic rings. The predicted octanol–water partition coefficient (Wildman–Crippen LogP) is 3.85. The first-order valence-electron chi connectivity index (χ1n) is 5.43. The molecule has 0 radical (unpaired) electrons. The maximum absolute atomic E-state index is 10.5. The van der Waals surface area contributed by atoms with Crippen LogP contribution in [0.2, 0.25) is 10.0 Å². The van der Waals surface area contributed by atoms with E-state index in [9.17, 15) is 4.79 Å². The third-order valence-electron chi connectivity index (χ3n) is 2.07. The van der Waals surface area contributed by atoms with Crippen LogP contribution < -0.4 is 4.52 Å². The molecule has 0 aliphatic carbocycles. The minimum atomic E-state index is -2.97. The van der Waals surface area contributed by atoms with Gasteiger partial charge in [0.05, 0.1) is 11.4 Å². The Morgan fingerprint density at radius 3 is 2.57 bits per heavy atom. The largest absolute Gasteiger partial charge is 0.481 e. The van der Waals surface area contributed by atoms with Crippen molar-refractivity contribution in [2.45, 2.75) is 11.4 Å². The van der Waals surface area contributed by atoms with Gasteiger partial charge in [-0.25, -0.2) is 4.98 Å². The second-order valence-electron chi connectivity index (χ2n) is 3.46. The van der Waals surface area contributed by atoms with E-state index in [1.807, 2.05) is 0 Å². The Labute approximate surface area is 141 Å². The van der Waals surface area contributed by atoms with E-state index in [2.05, 4.69) is 4.98 Å². The highest BCUT2D eigenvalue weighted by molar-refractivity contribution is 8.07. The summed E-state index contributed by atoms with van der Waals surface area (Å²) in [4.78, 5) is 14.6. The summed E-state index contributed by atoms with van der Waals surface area (Å²) in [6, 6.07) is 1.44. The fourth-order valence-corrected chi connectivity index (χ4v) is 3.38. The van der Waals surface area contributed by atoms with E-state index in [0.717, 1.165) is 0 Å². The van der Waals surface area contributed by atoms with E-state index in [-0.39, 0.29) is 17.3 Å². The van der Waals surface area contributed by atoms with Crippen LogP contribution in [0.5, 0.6) is 5.88 Å². The minimum absolute atomic E-state index is 0.0182. The van der Waals surface area contributed by atoms with E-state index in [1.165, 1.54) is 32.0 Å². The summed E-state index contributed by atoms with van der Waals surface area (Å²) in [5.74, 6) is -0.560. The van der Waals surface area contributed by atoms with Gasteiger partial charge >= 0.3 is 12.7 Å². The molecule has 0 amide bonds. The number of hydrogen-bond donors (Lipinski definition) is 1. The van der Waals surface area contributed by atoms with Crippen LogP contribution in [0.4, 0.5) is 0 Å².